The summed E-state index contributed by atoms with van der Waals surface area (Å²) in [6.07, 6.45) is 4.43. The van der Waals surface area contributed by atoms with Gasteiger partial charge in [0.25, 0.3) is 5.91 Å². The molecule has 1 heterocycles. The summed E-state index contributed by atoms with van der Waals surface area (Å²) in [5.74, 6) is -0.337. The average molecular weight is 394 g/mol. The number of nitro groups is 1. The van der Waals surface area contributed by atoms with Crippen LogP contribution in [0.1, 0.15) is 24.0 Å². The summed E-state index contributed by atoms with van der Waals surface area (Å²) < 4.78 is 10.1. The Kier molecular flexibility index (Phi) is 5.19. The van der Waals surface area contributed by atoms with E-state index in [-0.39, 0.29) is 17.3 Å². The van der Waals surface area contributed by atoms with E-state index < -0.39 is 17.4 Å². The van der Waals surface area contributed by atoms with E-state index >= 15 is 0 Å². The number of aryl methyl sites for hydroxylation is 2. The van der Waals surface area contributed by atoms with Crippen molar-refractivity contribution < 1.29 is 19.1 Å². The van der Waals surface area contributed by atoms with Gasteiger partial charge in [-0.05, 0) is 59.3 Å². The van der Waals surface area contributed by atoms with E-state index in [0.29, 0.717) is 5.69 Å². The number of nitrogens with one attached hydrogen (secondary N) is 1. The van der Waals surface area contributed by atoms with Gasteiger partial charge in [-0.1, -0.05) is 24.3 Å². The molecule has 148 valence electrons. The van der Waals surface area contributed by atoms with Gasteiger partial charge in [-0.25, -0.2) is 4.63 Å². The molecule has 3 aromatic rings. The number of fused-ring (bicyclic) bond motifs is 1. The molecule has 2 aromatic carbocycles. The van der Waals surface area contributed by atoms with E-state index in [9.17, 15) is 14.9 Å². The summed E-state index contributed by atoms with van der Waals surface area (Å²) in [4.78, 5) is 22.7. The molecule has 0 spiro atoms. The van der Waals surface area contributed by atoms with Crippen LogP contribution in [0, 0.1) is 10.1 Å². The average Bonchev–Trinajstić information content (AvgIpc) is 3.20. The molecule has 4 rings (SSSR count). The number of nitro benzene ring substituents is 1. The summed E-state index contributed by atoms with van der Waals surface area (Å²) in [5.41, 5.74) is 3.63. The molecule has 0 atom stereocenters. The Balaban J connectivity index is 1.45. The molecule has 29 heavy (non-hydrogen) atoms. The molecule has 1 aliphatic rings. The molecule has 9 heteroatoms. The molecule has 0 bridgehead atoms. The zero-order chi connectivity index (χ0) is 20.2. The number of rotatable bonds is 6. The summed E-state index contributed by atoms with van der Waals surface area (Å²) in [6, 6.07) is 11.9. The highest BCUT2D eigenvalue weighted by molar-refractivity contribution is 5.94. The third-order valence-electron chi connectivity index (χ3n) is 4.79. The van der Waals surface area contributed by atoms with Crippen molar-refractivity contribution in [1.82, 2.24) is 10.3 Å². The fraction of sp³-hybridized carbons (Fsp3) is 0.250. The van der Waals surface area contributed by atoms with Crippen molar-refractivity contribution in [1.29, 1.82) is 0 Å². The minimum absolute atomic E-state index is 0.0147. The van der Waals surface area contributed by atoms with Gasteiger partial charge in [0, 0.05) is 11.6 Å². The van der Waals surface area contributed by atoms with Gasteiger partial charge >= 0.3 is 5.69 Å². The number of hydrogen-bond donors (Lipinski definition) is 1. The number of hydrogen-bond acceptors (Lipinski definition) is 7. The first-order valence-electron chi connectivity index (χ1n) is 9.22. The Morgan fingerprint density at radius 2 is 1.93 bits per heavy atom. The van der Waals surface area contributed by atoms with E-state index in [1.807, 2.05) is 12.1 Å². The summed E-state index contributed by atoms with van der Waals surface area (Å²) in [5, 5.41) is 21.3. The maximum atomic E-state index is 12.3. The first-order chi connectivity index (χ1) is 14.1. The van der Waals surface area contributed by atoms with Crippen LogP contribution in [0.25, 0.3) is 11.3 Å². The van der Waals surface area contributed by atoms with Gasteiger partial charge in [-0.2, -0.15) is 0 Å². The lowest BCUT2D eigenvalue weighted by Gasteiger charge is -2.16. The van der Waals surface area contributed by atoms with Crippen LogP contribution in [0.5, 0.6) is 5.75 Å². The van der Waals surface area contributed by atoms with Crippen molar-refractivity contribution in [2.75, 3.05) is 11.9 Å². The number of amides is 1. The lowest BCUT2D eigenvalue weighted by Crippen LogP contribution is -2.21. The summed E-state index contributed by atoms with van der Waals surface area (Å²) >= 11 is 0. The van der Waals surface area contributed by atoms with Gasteiger partial charge in [0.15, 0.2) is 18.1 Å². The summed E-state index contributed by atoms with van der Waals surface area (Å²) in [6.45, 7) is -0.415. The number of carbonyl (C=O) groups excluding carboxylic acids is 1. The second-order valence-electron chi connectivity index (χ2n) is 6.71. The lowest BCUT2D eigenvalue weighted by molar-refractivity contribution is -0.385. The molecule has 0 saturated heterocycles. The molecule has 0 unspecified atom stereocenters. The number of nitrogens with zero attached hydrogens (tertiary/aromatic N) is 3. The van der Waals surface area contributed by atoms with Crippen LogP contribution in [0.3, 0.4) is 0 Å². The van der Waals surface area contributed by atoms with Crippen LogP contribution in [0.4, 0.5) is 11.5 Å². The molecule has 9 nitrogen and oxygen atoms in total. The Morgan fingerprint density at radius 1 is 1.14 bits per heavy atom. The minimum atomic E-state index is -0.566. The molecule has 0 radical (unpaired) electrons. The smallest absolute Gasteiger partial charge is 0.310 e. The van der Waals surface area contributed by atoms with Crippen LogP contribution in [-0.4, -0.2) is 27.8 Å². The maximum Gasteiger partial charge on any atom is 0.310 e. The number of ether oxygens (including phenoxy) is 1. The standard InChI is InChI=1S/C20H18N4O5/c25-18(12-28-17-8-4-3-7-16(17)24(26)27)21-20-19(22-29-23-20)15-10-9-13-5-1-2-6-14(13)11-15/h3-4,7-11H,1-2,5-6,12H2,(H,21,23,25). The van der Waals surface area contributed by atoms with E-state index in [0.717, 1.165) is 24.8 Å². The van der Waals surface area contributed by atoms with Crippen molar-refractivity contribution in [3.63, 3.8) is 0 Å². The van der Waals surface area contributed by atoms with Crippen LogP contribution in [0.2, 0.25) is 0 Å². The highest BCUT2D eigenvalue weighted by Gasteiger charge is 2.19. The van der Waals surface area contributed by atoms with Crippen molar-refractivity contribution in [2.24, 2.45) is 0 Å². The highest BCUT2D eigenvalue weighted by Crippen LogP contribution is 2.30. The first kappa shape index (κ1) is 18.6. The summed E-state index contributed by atoms with van der Waals surface area (Å²) in [7, 11) is 0. The number of aromatic nitrogens is 2. The van der Waals surface area contributed by atoms with E-state index in [1.54, 1.807) is 6.07 Å². The van der Waals surface area contributed by atoms with Crippen molar-refractivity contribution in [3.8, 4) is 17.0 Å². The third-order valence-corrected chi connectivity index (χ3v) is 4.79. The molecule has 1 N–H and O–H groups in total. The topological polar surface area (TPSA) is 120 Å². The van der Waals surface area contributed by atoms with Crippen molar-refractivity contribution in [2.45, 2.75) is 25.7 Å². The first-order valence-corrected chi connectivity index (χ1v) is 9.22. The van der Waals surface area contributed by atoms with Gasteiger partial charge in [0.1, 0.15) is 0 Å². The highest BCUT2D eigenvalue weighted by atomic mass is 16.6. The molecule has 1 aromatic heterocycles. The zero-order valence-electron chi connectivity index (χ0n) is 15.5. The Labute approximate surface area is 165 Å². The Hall–Kier alpha value is -3.75. The minimum Gasteiger partial charge on any atom is -0.477 e. The number of para-hydroxylation sites is 2. The van der Waals surface area contributed by atoms with E-state index in [4.69, 9.17) is 9.37 Å². The third kappa shape index (κ3) is 4.08. The number of carbonyl (C=O) groups is 1. The molecular weight excluding hydrogens is 376 g/mol. The molecule has 0 fully saturated rings. The van der Waals surface area contributed by atoms with Crippen LogP contribution in [0.15, 0.2) is 47.1 Å². The zero-order valence-corrected chi connectivity index (χ0v) is 15.5. The van der Waals surface area contributed by atoms with Gasteiger partial charge in [-0.15, -0.1) is 0 Å². The second-order valence-corrected chi connectivity index (χ2v) is 6.71. The van der Waals surface area contributed by atoms with E-state index in [1.165, 1.54) is 35.7 Å². The fourth-order valence-electron chi connectivity index (χ4n) is 3.38. The SMILES string of the molecule is O=C(COc1ccccc1[N+](=O)[O-])Nc1nonc1-c1ccc2c(c1)CCCC2. The van der Waals surface area contributed by atoms with Gasteiger partial charge in [0.05, 0.1) is 4.92 Å². The fourth-order valence-corrected chi connectivity index (χ4v) is 3.38. The Morgan fingerprint density at radius 3 is 2.76 bits per heavy atom. The maximum absolute atomic E-state index is 12.3. The molecular formula is C20H18N4O5. The second kappa shape index (κ2) is 8.09. The van der Waals surface area contributed by atoms with Crippen LogP contribution >= 0.6 is 0 Å². The van der Waals surface area contributed by atoms with Gasteiger partial charge in [0.2, 0.25) is 5.82 Å². The predicted octanol–water partition coefficient (Wildman–Crippen LogP) is 3.54. The monoisotopic (exact) mass is 394 g/mol. The van der Waals surface area contributed by atoms with Crippen molar-refractivity contribution >= 4 is 17.4 Å². The normalized spacial score (nSPS) is 12.8. The molecule has 0 aliphatic heterocycles. The van der Waals surface area contributed by atoms with Gasteiger partial charge in [-0.3, -0.25) is 14.9 Å². The number of anilines is 1. The quantitative estimate of drug-likeness (QED) is 0.501. The number of benzene rings is 2. The largest absolute Gasteiger partial charge is 0.477 e. The van der Waals surface area contributed by atoms with Crippen LogP contribution < -0.4 is 10.1 Å². The molecule has 1 aliphatic carbocycles. The lowest BCUT2D eigenvalue weighted by atomic mass is 9.90. The van der Waals surface area contributed by atoms with Gasteiger partial charge < -0.3 is 10.1 Å². The van der Waals surface area contributed by atoms with Crippen molar-refractivity contribution in [3.05, 3.63) is 63.7 Å². The predicted molar refractivity (Wildman–Crippen MR) is 104 cm³/mol. The van der Waals surface area contributed by atoms with Crippen LogP contribution in [-0.2, 0) is 17.6 Å². The molecule has 0 saturated carbocycles. The Bertz CT molecular complexity index is 1060. The molecule has 1 amide bonds. The van der Waals surface area contributed by atoms with E-state index in [2.05, 4.69) is 21.7 Å².